The number of piperidine rings is 1. The zero-order valence-electron chi connectivity index (χ0n) is 20.6. The number of hydrogen-bond acceptors (Lipinski definition) is 10. The molecule has 0 aromatic heterocycles. The van der Waals surface area contributed by atoms with E-state index in [0.29, 0.717) is 25.9 Å². The molecule has 2 aliphatic rings. The first kappa shape index (κ1) is 26.4. The number of likely N-dealkylation sites (tertiary alicyclic amines) is 1. The fourth-order valence-electron chi connectivity index (χ4n) is 4.13. The van der Waals surface area contributed by atoms with E-state index in [1.807, 2.05) is 0 Å². The molecule has 0 N–H and O–H groups in total. The lowest BCUT2D eigenvalue weighted by atomic mass is 9.96. The summed E-state index contributed by atoms with van der Waals surface area (Å²) in [5.74, 6) is -2.69. The first-order valence-corrected chi connectivity index (χ1v) is 11.2. The van der Waals surface area contributed by atoms with Crippen LogP contribution in [0.3, 0.4) is 0 Å². The van der Waals surface area contributed by atoms with Gasteiger partial charge in [-0.1, -0.05) is 0 Å². The summed E-state index contributed by atoms with van der Waals surface area (Å²) in [4.78, 5) is 51.1. The molecule has 11 nitrogen and oxygen atoms in total. The van der Waals surface area contributed by atoms with Crippen molar-refractivity contribution in [2.45, 2.75) is 51.0 Å². The van der Waals surface area contributed by atoms with E-state index in [4.69, 9.17) is 28.4 Å². The third-order valence-electron chi connectivity index (χ3n) is 5.69. The molecule has 35 heavy (non-hydrogen) atoms. The Labute approximate surface area is 203 Å². The van der Waals surface area contributed by atoms with Crippen molar-refractivity contribution in [1.29, 1.82) is 0 Å². The Bertz CT molecular complexity index is 977. The van der Waals surface area contributed by atoms with Crippen molar-refractivity contribution in [2.24, 2.45) is 0 Å². The smallest absolute Gasteiger partial charge is 0.410 e. The molecule has 2 heterocycles. The third kappa shape index (κ3) is 5.91. The average Bonchev–Trinajstić information content (AvgIpc) is 3.27. The van der Waals surface area contributed by atoms with Crippen LogP contribution in [0, 0.1) is 0 Å². The maximum atomic E-state index is 12.9. The monoisotopic (exact) mass is 493 g/mol. The van der Waals surface area contributed by atoms with Crippen molar-refractivity contribution >= 4 is 24.3 Å². The number of hydrogen-bond donors (Lipinski definition) is 0. The van der Waals surface area contributed by atoms with E-state index in [0.717, 1.165) is 7.11 Å². The number of carbonyl (C=O) groups is 4. The summed E-state index contributed by atoms with van der Waals surface area (Å²) in [6, 6.07) is 2.05. The number of ether oxygens (including phenoxy) is 6. The molecule has 0 unspecified atom stereocenters. The summed E-state index contributed by atoms with van der Waals surface area (Å²) in [6.07, 6.45) is 0.701. The largest absolute Gasteiger partial charge is 0.490 e. The van der Waals surface area contributed by atoms with E-state index in [1.165, 1.54) is 24.1 Å². The van der Waals surface area contributed by atoms with Gasteiger partial charge >= 0.3 is 18.0 Å². The Morgan fingerprint density at radius 1 is 1.11 bits per heavy atom. The molecular formula is C24H31NO10. The highest BCUT2D eigenvalue weighted by Crippen LogP contribution is 2.36. The summed E-state index contributed by atoms with van der Waals surface area (Å²) >= 11 is 0. The van der Waals surface area contributed by atoms with Gasteiger partial charge in [-0.05, 0) is 32.9 Å². The number of nitrogens with zero attached hydrogens (tertiary/aromatic N) is 1. The van der Waals surface area contributed by atoms with Gasteiger partial charge in [-0.3, -0.25) is 4.79 Å². The van der Waals surface area contributed by atoms with Crippen molar-refractivity contribution in [2.75, 3.05) is 40.6 Å². The first-order valence-electron chi connectivity index (χ1n) is 11.2. The van der Waals surface area contributed by atoms with Gasteiger partial charge < -0.3 is 33.3 Å². The van der Waals surface area contributed by atoms with Crippen LogP contribution in [0.1, 0.15) is 64.7 Å². The number of esters is 2. The quantitative estimate of drug-likeness (QED) is 0.331. The number of carbonyl (C=O) groups excluding carboxylic acids is 4. The van der Waals surface area contributed by atoms with Gasteiger partial charge in [0.2, 0.25) is 0 Å². The zero-order chi connectivity index (χ0) is 25.8. The SMILES string of the molecule is COC(=O)c1ccc(C=O)c(OC[C@H]2CC3(CCN2C(=O)OC(C)(C)C)OCCO3)c1C(=O)OC. The van der Waals surface area contributed by atoms with Gasteiger partial charge in [0.25, 0.3) is 0 Å². The second-order valence-electron chi connectivity index (χ2n) is 9.21. The Hall–Kier alpha value is -3.18. The summed E-state index contributed by atoms with van der Waals surface area (Å²) in [7, 11) is 2.31. The lowest BCUT2D eigenvalue weighted by molar-refractivity contribution is -0.196. The van der Waals surface area contributed by atoms with Crippen molar-refractivity contribution in [3.63, 3.8) is 0 Å². The molecule has 192 valence electrons. The second kappa shape index (κ2) is 10.6. The van der Waals surface area contributed by atoms with Crippen molar-refractivity contribution in [1.82, 2.24) is 4.90 Å². The van der Waals surface area contributed by atoms with Crippen molar-refractivity contribution in [3.8, 4) is 5.75 Å². The highest BCUT2D eigenvalue weighted by molar-refractivity contribution is 6.07. The molecular weight excluding hydrogens is 462 g/mol. The Morgan fingerprint density at radius 3 is 2.34 bits per heavy atom. The standard InChI is InChI=1S/C24H31NO10/c1-23(2,3)35-22(29)25-9-8-24(33-10-11-34-24)12-16(25)14-32-19-15(13-26)6-7-17(20(27)30-4)18(19)21(28)31-5/h6-7,13,16H,8-12,14H2,1-5H3/t16-/m1/s1. The molecule has 1 atom stereocenters. The van der Waals surface area contributed by atoms with E-state index >= 15 is 0 Å². The number of amides is 1. The van der Waals surface area contributed by atoms with E-state index in [1.54, 1.807) is 20.8 Å². The minimum Gasteiger partial charge on any atom is -0.490 e. The van der Waals surface area contributed by atoms with Crippen LogP contribution in [0.5, 0.6) is 5.75 Å². The van der Waals surface area contributed by atoms with E-state index < -0.39 is 35.5 Å². The van der Waals surface area contributed by atoms with Crippen LogP contribution in [0.15, 0.2) is 12.1 Å². The molecule has 2 aliphatic heterocycles. The van der Waals surface area contributed by atoms with Crippen LogP contribution >= 0.6 is 0 Å². The molecule has 0 radical (unpaired) electrons. The second-order valence-corrected chi connectivity index (χ2v) is 9.21. The van der Waals surface area contributed by atoms with E-state index in [-0.39, 0.29) is 42.0 Å². The molecule has 1 aromatic rings. The topological polar surface area (TPSA) is 127 Å². The van der Waals surface area contributed by atoms with Crippen LogP contribution < -0.4 is 4.74 Å². The fourth-order valence-corrected chi connectivity index (χ4v) is 4.13. The summed E-state index contributed by atoms with van der Waals surface area (Å²) in [5, 5.41) is 0. The Balaban J connectivity index is 1.95. The van der Waals surface area contributed by atoms with Gasteiger partial charge in [0.05, 0.1) is 44.6 Å². The summed E-state index contributed by atoms with van der Waals surface area (Å²) in [5.41, 5.74) is -1.05. The molecule has 2 saturated heterocycles. The highest BCUT2D eigenvalue weighted by atomic mass is 16.7. The molecule has 1 amide bonds. The van der Waals surface area contributed by atoms with E-state index in [2.05, 4.69) is 0 Å². The molecule has 0 saturated carbocycles. The van der Waals surface area contributed by atoms with Crippen LogP contribution in [0.25, 0.3) is 0 Å². The average molecular weight is 494 g/mol. The molecule has 1 aromatic carbocycles. The molecule has 11 heteroatoms. The number of aldehydes is 1. The van der Waals surface area contributed by atoms with Gasteiger partial charge in [-0.25, -0.2) is 14.4 Å². The predicted octanol–water partition coefficient (Wildman–Crippen LogP) is 2.59. The minimum absolute atomic E-state index is 0.0285. The molecule has 3 rings (SSSR count). The fraction of sp³-hybridized carbons (Fsp3) is 0.583. The van der Waals surface area contributed by atoms with E-state index in [9.17, 15) is 19.2 Å². The normalized spacial score (nSPS) is 19.2. The zero-order valence-corrected chi connectivity index (χ0v) is 20.6. The first-order chi connectivity index (χ1) is 16.5. The van der Waals surface area contributed by atoms with Gasteiger partial charge in [-0.15, -0.1) is 0 Å². The van der Waals surface area contributed by atoms with Crippen molar-refractivity contribution < 1.29 is 47.6 Å². The minimum atomic E-state index is -0.879. The molecule has 1 spiro atoms. The number of methoxy groups -OCH3 is 2. The molecule has 0 aliphatic carbocycles. The Kier molecular flexibility index (Phi) is 8.01. The molecule has 0 bridgehead atoms. The predicted molar refractivity (Wildman–Crippen MR) is 121 cm³/mol. The van der Waals surface area contributed by atoms with Crippen LogP contribution in [0.4, 0.5) is 4.79 Å². The summed E-state index contributed by atoms with van der Waals surface area (Å²) < 4.78 is 32.8. The lowest BCUT2D eigenvalue weighted by Gasteiger charge is -2.43. The maximum Gasteiger partial charge on any atom is 0.410 e. The van der Waals surface area contributed by atoms with Gasteiger partial charge in [-0.2, -0.15) is 0 Å². The Morgan fingerprint density at radius 2 is 1.77 bits per heavy atom. The number of benzene rings is 1. The summed E-state index contributed by atoms with van der Waals surface area (Å²) in [6.45, 7) is 6.32. The van der Waals surface area contributed by atoms with Gasteiger partial charge in [0.1, 0.15) is 23.5 Å². The van der Waals surface area contributed by atoms with Crippen molar-refractivity contribution in [3.05, 3.63) is 28.8 Å². The lowest BCUT2D eigenvalue weighted by Crippen LogP contribution is -2.56. The van der Waals surface area contributed by atoms with Crippen LogP contribution in [0.2, 0.25) is 0 Å². The van der Waals surface area contributed by atoms with Crippen LogP contribution in [-0.4, -0.2) is 87.2 Å². The maximum absolute atomic E-state index is 12.9. The third-order valence-corrected chi connectivity index (χ3v) is 5.69. The van der Waals surface area contributed by atoms with Crippen LogP contribution in [-0.2, 0) is 23.7 Å². The highest BCUT2D eigenvalue weighted by Gasteiger charge is 2.47. The van der Waals surface area contributed by atoms with Gasteiger partial charge in [0, 0.05) is 19.4 Å². The molecule has 2 fully saturated rings. The van der Waals surface area contributed by atoms with Gasteiger partial charge in [0.15, 0.2) is 12.1 Å². The number of rotatable bonds is 6.